The van der Waals surface area contributed by atoms with Gasteiger partial charge in [0.05, 0.1) is 29.2 Å². The second-order valence-corrected chi connectivity index (χ2v) is 10.5. The first-order valence-electron chi connectivity index (χ1n) is 9.75. The van der Waals surface area contributed by atoms with Gasteiger partial charge in [-0.2, -0.15) is 0 Å². The van der Waals surface area contributed by atoms with Crippen molar-refractivity contribution in [2.24, 2.45) is 11.8 Å². The average Bonchev–Trinajstić information content (AvgIpc) is 3.22. The molecule has 3 saturated heterocycles. The molecule has 0 saturated carbocycles. The zero-order valence-corrected chi connectivity index (χ0v) is 17.6. The van der Waals surface area contributed by atoms with Crippen LogP contribution >= 0.6 is 11.8 Å². The van der Waals surface area contributed by atoms with Gasteiger partial charge in [0.1, 0.15) is 6.04 Å². The van der Waals surface area contributed by atoms with Gasteiger partial charge >= 0.3 is 0 Å². The fourth-order valence-corrected chi connectivity index (χ4v) is 7.31. The number of rotatable bonds is 5. The molecule has 2 unspecified atom stereocenters. The molecule has 1 spiro atoms. The molecular formula is C19H31N3O4S. The second-order valence-electron chi connectivity index (χ2n) is 8.90. The third-order valence-corrected chi connectivity index (χ3v) is 8.06. The summed E-state index contributed by atoms with van der Waals surface area (Å²) < 4.78 is -0.586. The van der Waals surface area contributed by atoms with Gasteiger partial charge in [-0.15, -0.1) is 11.8 Å². The Morgan fingerprint density at radius 2 is 2.04 bits per heavy atom. The number of nitrogens with zero attached hydrogens (tertiary/aromatic N) is 1. The zero-order valence-electron chi connectivity index (χ0n) is 16.7. The summed E-state index contributed by atoms with van der Waals surface area (Å²) in [6.07, 6.45) is 2.13. The van der Waals surface area contributed by atoms with Crippen molar-refractivity contribution in [2.75, 3.05) is 13.7 Å². The number of amides is 3. The molecule has 0 radical (unpaired) electrons. The Kier molecular flexibility index (Phi) is 5.27. The number of hydrogen-bond donors (Lipinski definition) is 3. The summed E-state index contributed by atoms with van der Waals surface area (Å²) in [4.78, 5) is 41.0. The molecule has 0 aliphatic carbocycles. The molecule has 7 nitrogen and oxygen atoms in total. The van der Waals surface area contributed by atoms with Crippen LogP contribution in [0.5, 0.6) is 0 Å². The predicted octanol–water partition coefficient (Wildman–Crippen LogP) is 0.509. The highest BCUT2D eigenvalue weighted by Crippen LogP contribution is 2.66. The van der Waals surface area contributed by atoms with Crippen LogP contribution in [0.2, 0.25) is 0 Å². The van der Waals surface area contributed by atoms with E-state index in [1.54, 1.807) is 23.7 Å². The lowest BCUT2D eigenvalue weighted by atomic mass is 9.70. The molecule has 3 aliphatic rings. The summed E-state index contributed by atoms with van der Waals surface area (Å²) in [6, 6.07) is -1.07. The van der Waals surface area contributed by atoms with E-state index in [2.05, 4.69) is 10.6 Å². The molecule has 27 heavy (non-hydrogen) atoms. The lowest BCUT2D eigenvalue weighted by molar-refractivity contribution is -0.143. The number of carbonyl (C=O) groups excluding carboxylic acids is 3. The molecule has 3 amide bonds. The predicted molar refractivity (Wildman–Crippen MR) is 104 cm³/mol. The van der Waals surface area contributed by atoms with E-state index in [1.165, 1.54) is 0 Å². The smallest absolute Gasteiger partial charge is 0.244 e. The lowest BCUT2D eigenvalue weighted by Crippen LogP contribution is -2.59. The molecule has 0 aromatic carbocycles. The molecular weight excluding hydrogens is 366 g/mol. The van der Waals surface area contributed by atoms with Gasteiger partial charge in [0.25, 0.3) is 0 Å². The Labute approximate surface area is 165 Å². The number of thioether (sulfide) groups is 1. The van der Waals surface area contributed by atoms with Crippen molar-refractivity contribution < 1.29 is 19.5 Å². The van der Waals surface area contributed by atoms with Gasteiger partial charge in [-0.25, -0.2) is 0 Å². The Hall–Kier alpha value is -1.28. The summed E-state index contributed by atoms with van der Waals surface area (Å²) in [6.45, 7) is 7.45. The third-order valence-electron chi connectivity index (χ3n) is 6.11. The van der Waals surface area contributed by atoms with Gasteiger partial charge in [-0.3, -0.25) is 14.4 Å². The molecule has 3 rings (SSSR count). The molecule has 6 atom stereocenters. The summed E-state index contributed by atoms with van der Waals surface area (Å²) in [5.41, 5.74) is -0.428. The first-order valence-corrected chi connectivity index (χ1v) is 10.6. The van der Waals surface area contributed by atoms with Crippen LogP contribution < -0.4 is 10.6 Å². The average molecular weight is 398 g/mol. The van der Waals surface area contributed by atoms with Crippen molar-refractivity contribution in [3.63, 3.8) is 0 Å². The second kappa shape index (κ2) is 6.95. The van der Waals surface area contributed by atoms with Crippen LogP contribution in [0, 0.1) is 11.8 Å². The highest BCUT2D eigenvalue weighted by molar-refractivity contribution is 8.02. The van der Waals surface area contributed by atoms with Gasteiger partial charge < -0.3 is 20.6 Å². The first kappa shape index (κ1) is 20.5. The van der Waals surface area contributed by atoms with Crippen LogP contribution in [0.4, 0.5) is 0 Å². The van der Waals surface area contributed by atoms with Gasteiger partial charge in [0.15, 0.2) is 0 Å². The third kappa shape index (κ3) is 3.05. The maximum Gasteiger partial charge on any atom is 0.244 e. The Morgan fingerprint density at radius 3 is 2.56 bits per heavy atom. The Balaban J connectivity index is 2.06. The zero-order chi connectivity index (χ0) is 20.1. The highest BCUT2D eigenvalue weighted by Gasteiger charge is 2.74. The quantitative estimate of drug-likeness (QED) is 0.628. The molecule has 8 heteroatoms. The van der Waals surface area contributed by atoms with Crippen molar-refractivity contribution in [2.45, 2.75) is 74.6 Å². The van der Waals surface area contributed by atoms with E-state index >= 15 is 0 Å². The summed E-state index contributed by atoms with van der Waals surface area (Å²) in [7, 11) is 1.59. The molecule has 3 N–H and O–H groups in total. The molecule has 0 aromatic rings. The topological polar surface area (TPSA) is 98.7 Å². The van der Waals surface area contributed by atoms with E-state index in [-0.39, 0.29) is 29.6 Å². The van der Waals surface area contributed by atoms with E-state index < -0.39 is 34.2 Å². The van der Waals surface area contributed by atoms with Crippen molar-refractivity contribution >= 4 is 29.5 Å². The van der Waals surface area contributed by atoms with Crippen LogP contribution in [0.15, 0.2) is 0 Å². The maximum atomic E-state index is 13.5. The number of aliphatic hydroxyl groups excluding tert-OH is 1. The SMILES string of the molecule is CC[C@@H](CO)N1C(=O)[C@@H]2[C@@H](C(=O)NC)[C@H]3CCC2(S3)C1C(=O)NC(C)(C)C. The Bertz CT molecular complexity index is 645. The molecule has 3 aliphatic heterocycles. The van der Waals surface area contributed by atoms with E-state index in [9.17, 15) is 19.5 Å². The molecule has 2 bridgehead atoms. The standard InChI is InChI=1S/C19H31N3O4S/c1-6-10(9-23)22-14(16(25)21-18(2,3)4)19-8-7-11(27-19)12(15(24)20-5)13(19)17(22)26/h10-14,23H,6-9H2,1-5H3,(H,20,24)(H,21,25)/t10-,11+,12-,13-,14?,19?/m0/s1. The molecule has 3 fully saturated rings. The molecule has 152 valence electrons. The summed E-state index contributed by atoms with van der Waals surface area (Å²) >= 11 is 1.64. The monoisotopic (exact) mass is 397 g/mol. The van der Waals surface area contributed by atoms with Crippen LogP contribution in [-0.2, 0) is 14.4 Å². The number of carbonyl (C=O) groups is 3. The molecule has 3 heterocycles. The minimum atomic E-state index is -0.656. The van der Waals surface area contributed by atoms with E-state index in [4.69, 9.17) is 0 Å². The number of aliphatic hydroxyl groups is 1. The van der Waals surface area contributed by atoms with Gasteiger partial charge in [-0.1, -0.05) is 6.92 Å². The van der Waals surface area contributed by atoms with E-state index in [0.717, 1.165) is 12.8 Å². The number of likely N-dealkylation sites (tertiary alicyclic amines) is 1. The lowest BCUT2D eigenvalue weighted by Gasteiger charge is -2.38. The summed E-state index contributed by atoms with van der Waals surface area (Å²) in [5, 5.41) is 15.7. The fourth-order valence-electron chi connectivity index (χ4n) is 5.10. The Morgan fingerprint density at radius 1 is 1.37 bits per heavy atom. The first-order chi connectivity index (χ1) is 12.6. The van der Waals surface area contributed by atoms with Crippen molar-refractivity contribution in [1.82, 2.24) is 15.5 Å². The van der Waals surface area contributed by atoms with Crippen molar-refractivity contribution in [3.05, 3.63) is 0 Å². The van der Waals surface area contributed by atoms with Crippen molar-refractivity contribution in [1.29, 1.82) is 0 Å². The van der Waals surface area contributed by atoms with Gasteiger partial charge in [-0.05, 0) is 40.0 Å². The fraction of sp³-hybridized carbons (Fsp3) is 0.842. The van der Waals surface area contributed by atoms with Crippen LogP contribution in [0.25, 0.3) is 0 Å². The number of hydrogen-bond acceptors (Lipinski definition) is 5. The largest absolute Gasteiger partial charge is 0.394 e. The minimum absolute atomic E-state index is 0.0696. The van der Waals surface area contributed by atoms with Crippen LogP contribution in [0.3, 0.4) is 0 Å². The van der Waals surface area contributed by atoms with Crippen LogP contribution in [0.1, 0.15) is 47.0 Å². The maximum absolute atomic E-state index is 13.5. The van der Waals surface area contributed by atoms with Crippen LogP contribution in [-0.4, -0.2) is 69.0 Å². The normalized spacial score (nSPS) is 35.9. The van der Waals surface area contributed by atoms with Gasteiger partial charge in [0, 0.05) is 17.8 Å². The number of nitrogens with one attached hydrogen (secondary N) is 2. The minimum Gasteiger partial charge on any atom is -0.394 e. The molecule has 0 aromatic heterocycles. The number of fused-ring (bicyclic) bond motifs is 1. The van der Waals surface area contributed by atoms with Gasteiger partial charge in [0.2, 0.25) is 17.7 Å². The highest BCUT2D eigenvalue weighted by atomic mass is 32.2. The van der Waals surface area contributed by atoms with E-state index in [1.807, 2.05) is 27.7 Å². The van der Waals surface area contributed by atoms with Crippen molar-refractivity contribution in [3.8, 4) is 0 Å². The summed E-state index contributed by atoms with van der Waals surface area (Å²) in [5.74, 6) is -1.38. The van der Waals surface area contributed by atoms with E-state index in [0.29, 0.717) is 6.42 Å².